The van der Waals surface area contributed by atoms with Gasteiger partial charge in [-0.05, 0) is 13.8 Å². The first-order valence-corrected chi connectivity index (χ1v) is 13.3. The maximum atomic E-state index is 10.0. The number of aromatic nitrogens is 1. The van der Waals surface area contributed by atoms with Crippen LogP contribution in [-0.2, 0) is 24.9 Å². The van der Waals surface area contributed by atoms with Crippen LogP contribution in [0.5, 0.6) is 0 Å². The molecule has 0 unspecified atom stereocenters. The first kappa shape index (κ1) is 23.1. The van der Waals surface area contributed by atoms with Crippen LogP contribution in [0.3, 0.4) is 0 Å². The molecule has 3 aromatic heterocycles. The van der Waals surface area contributed by atoms with E-state index in [0.29, 0.717) is 29.0 Å². The Kier molecular flexibility index (Phi) is 6.83. The number of allylic oxidation sites excluding steroid dienone is 2. The van der Waals surface area contributed by atoms with Gasteiger partial charge in [0.15, 0.2) is 5.78 Å². The molecule has 3 aromatic carbocycles. The number of aliphatic hydroxyl groups is 1. The monoisotopic (exact) mass is 729 g/mol. The fourth-order valence-corrected chi connectivity index (χ4v) is 8.89. The second-order valence-electron chi connectivity index (χ2n) is 7.36. The Morgan fingerprint density at radius 1 is 0.938 bits per heavy atom. The van der Waals surface area contributed by atoms with Crippen molar-refractivity contribution in [3.63, 3.8) is 0 Å². The molecule has 32 heavy (non-hydrogen) atoms. The molecule has 6 heteroatoms. The van der Waals surface area contributed by atoms with Crippen molar-refractivity contribution in [3.05, 3.63) is 78.7 Å². The predicted molar refractivity (Wildman–Crippen MR) is 132 cm³/mol. The molecule has 161 valence electrons. The number of hydrogen-bond donors (Lipinski definition) is 1. The SMILES string of the molecule is CC(=O)/C=C(/C)O.[Ir].[c-]1c2ccccc2cc2[se]c3cccc4[se]c5ccnc(c12)c5c34. The second-order valence-corrected chi connectivity index (χ2v) is 11.9. The van der Waals surface area contributed by atoms with E-state index in [0.717, 1.165) is 5.52 Å². The number of carbonyl (C=O) groups excluding carboxylic acids is 1. The fraction of sp³-hybridized carbons (Fsp3) is 0.0769. The molecule has 0 bridgehead atoms. The molecule has 0 fully saturated rings. The Morgan fingerprint density at radius 3 is 2.31 bits per heavy atom. The summed E-state index contributed by atoms with van der Waals surface area (Å²) in [6.45, 7) is 2.85. The van der Waals surface area contributed by atoms with E-state index in [9.17, 15) is 4.79 Å². The quantitative estimate of drug-likeness (QED) is 0.101. The van der Waals surface area contributed by atoms with Gasteiger partial charge in [-0.3, -0.25) is 4.79 Å². The number of aliphatic hydroxyl groups excluding tert-OH is 1. The van der Waals surface area contributed by atoms with E-state index in [1.165, 1.54) is 63.9 Å². The minimum atomic E-state index is -0.125. The van der Waals surface area contributed by atoms with Crippen LogP contribution in [0.2, 0.25) is 0 Å². The molecule has 0 aliphatic carbocycles. The van der Waals surface area contributed by atoms with E-state index in [4.69, 9.17) is 10.1 Å². The summed E-state index contributed by atoms with van der Waals surface area (Å²) in [6.07, 6.45) is 3.15. The number of fused-ring (bicyclic) bond motifs is 3. The number of benzene rings is 3. The summed E-state index contributed by atoms with van der Waals surface area (Å²) in [7, 11) is 0. The summed E-state index contributed by atoms with van der Waals surface area (Å²) in [5.74, 6) is -0.0625. The van der Waals surface area contributed by atoms with Crippen molar-refractivity contribution in [1.29, 1.82) is 0 Å². The topological polar surface area (TPSA) is 50.2 Å². The third-order valence-corrected chi connectivity index (χ3v) is 9.66. The summed E-state index contributed by atoms with van der Waals surface area (Å²) >= 11 is 0.697. The van der Waals surface area contributed by atoms with Crippen molar-refractivity contribution in [2.45, 2.75) is 13.8 Å². The predicted octanol–water partition coefficient (Wildman–Crippen LogP) is 5.80. The van der Waals surface area contributed by atoms with Gasteiger partial charge in [-0.2, -0.15) is 0 Å². The first-order chi connectivity index (χ1) is 15.0. The molecule has 6 aromatic rings. The summed E-state index contributed by atoms with van der Waals surface area (Å²) in [4.78, 5) is 14.8. The van der Waals surface area contributed by atoms with Gasteiger partial charge in [0.05, 0.1) is 5.76 Å². The van der Waals surface area contributed by atoms with Crippen molar-refractivity contribution in [2.24, 2.45) is 0 Å². The molecule has 0 spiro atoms. The van der Waals surface area contributed by atoms with E-state index >= 15 is 0 Å². The maximum absolute atomic E-state index is 10.0. The van der Waals surface area contributed by atoms with E-state index in [2.05, 4.69) is 60.7 Å². The number of carbonyl (C=O) groups is 1. The van der Waals surface area contributed by atoms with Crippen LogP contribution < -0.4 is 0 Å². The van der Waals surface area contributed by atoms with Gasteiger partial charge in [0.25, 0.3) is 0 Å². The zero-order chi connectivity index (χ0) is 21.5. The van der Waals surface area contributed by atoms with Crippen molar-refractivity contribution in [3.8, 4) is 0 Å². The molecule has 0 atom stereocenters. The van der Waals surface area contributed by atoms with Gasteiger partial charge in [0.2, 0.25) is 0 Å². The standard InChI is InChI=1S/C21H10NSe2.C5H8O2.Ir/c1-2-5-13-11-18-14(10-12(13)4-1)21-20-17(8-9-22-21)23-15-6-3-7-16(24-18)19(15)20;1-4(6)3-5(2)7;/h1-9,11H;3,6H,1-2H3;/q-1;;/b;4-3-;. The van der Waals surface area contributed by atoms with Crippen molar-refractivity contribution in [2.75, 3.05) is 0 Å². The summed E-state index contributed by atoms with van der Waals surface area (Å²) in [5, 5.41) is 14.9. The van der Waals surface area contributed by atoms with Crippen molar-refractivity contribution < 1.29 is 30.0 Å². The number of pyridine rings is 1. The molecule has 0 aliphatic heterocycles. The molecule has 1 radical (unpaired) electrons. The van der Waals surface area contributed by atoms with Crippen LogP contribution in [0.4, 0.5) is 0 Å². The van der Waals surface area contributed by atoms with Crippen LogP contribution in [0.1, 0.15) is 13.8 Å². The summed E-state index contributed by atoms with van der Waals surface area (Å²) in [5.41, 5.74) is 1.14. The number of rotatable bonds is 1. The van der Waals surface area contributed by atoms with E-state index in [1.54, 1.807) is 0 Å². The van der Waals surface area contributed by atoms with Crippen LogP contribution in [-0.4, -0.2) is 44.9 Å². The van der Waals surface area contributed by atoms with Gasteiger partial charge in [-0.15, -0.1) is 0 Å². The third-order valence-electron chi connectivity index (χ3n) is 4.99. The Morgan fingerprint density at radius 2 is 1.62 bits per heavy atom. The third kappa shape index (κ3) is 4.28. The molecule has 0 saturated carbocycles. The van der Waals surface area contributed by atoms with Gasteiger partial charge >= 0.3 is 150 Å². The summed E-state index contributed by atoms with van der Waals surface area (Å²) < 4.78 is 5.89. The molecule has 1 N–H and O–H groups in total. The molecule has 6 rings (SSSR count). The van der Waals surface area contributed by atoms with Gasteiger partial charge in [0, 0.05) is 26.2 Å². The van der Waals surface area contributed by atoms with Crippen LogP contribution in [0.25, 0.3) is 49.5 Å². The average molecular weight is 727 g/mol. The van der Waals surface area contributed by atoms with Crippen molar-refractivity contribution in [1.82, 2.24) is 4.98 Å². The molecular formula is C26H18IrNO2Se2-. The van der Waals surface area contributed by atoms with Gasteiger partial charge in [-0.1, -0.05) is 0 Å². The molecule has 3 nitrogen and oxygen atoms in total. The average Bonchev–Trinajstić information content (AvgIpc) is 3.05. The zero-order valence-corrected chi connectivity index (χ0v) is 23.1. The first-order valence-electron chi connectivity index (χ1n) is 9.82. The number of nitrogens with zero attached hydrogens (tertiary/aromatic N) is 1. The number of hydrogen-bond acceptors (Lipinski definition) is 3. The minimum absolute atomic E-state index is 0. The second kappa shape index (κ2) is 9.45. The van der Waals surface area contributed by atoms with E-state index in [-0.39, 0.29) is 31.6 Å². The Balaban J connectivity index is 0.000000271. The molecule has 3 heterocycles. The van der Waals surface area contributed by atoms with E-state index < -0.39 is 0 Å². The van der Waals surface area contributed by atoms with E-state index in [1.807, 2.05) is 6.20 Å². The molecule has 0 aliphatic rings. The fourth-order valence-electron chi connectivity index (χ4n) is 3.82. The van der Waals surface area contributed by atoms with Gasteiger partial charge < -0.3 is 5.11 Å². The molecular weight excluding hydrogens is 708 g/mol. The number of ketones is 1. The van der Waals surface area contributed by atoms with Crippen molar-refractivity contribution >= 4 is 84.3 Å². The normalized spacial score (nSPS) is 11.6. The Labute approximate surface area is 210 Å². The molecule has 0 saturated heterocycles. The Hall–Kier alpha value is -2.03. The Bertz CT molecular complexity index is 1640. The van der Waals surface area contributed by atoms with Crippen LogP contribution in [0, 0.1) is 6.07 Å². The van der Waals surface area contributed by atoms with Gasteiger partial charge in [-0.25, -0.2) is 0 Å². The molecule has 0 amide bonds. The zero-order valence-electron chi connectivity index (χ0n) is 17.3. The van der Waals surface area contributed by atoms with Crippen LogP contribution in [0.15, 0.2) is 72.6 Å². The van der Waals surface area contributed by atoms with Gasteiger partial charge in [0.1, 0.15) is 0 Å². The summed E-state index contributed by atoms with van der Waals surface area (Å²) in [6, 6.07) is 23.6. The van der Waals surface area contributed by atoms with Crippen LogP contribution >= 0.6 is 0 Å².